The highest BCUT2D eigenvalue weighted by atomic mass is 28.3. The van der Waals surface area contributed by atoms with Crippen LogP contribution in [-0.4, -0.2) is 60.7 Å². The third kappa shape index (κ3) is 3.09. The van der Waals surface area contributed by atoms with Crippen molar-refractivity contribution in [3.63, 3.8) is 0 Å². The van der Waals surface area contributed by atoms with Gasteiger partial charge in [0.25, 0.3) is 0 Å². The number of hydrogen-bond donors (Lipinski definition) is 1. The van der Waals surface area contributed by atoms with E-state index in [1.165, 1.54) is 33.1 Å². The van der Waals surface area contributed by atoms with Crippen molar-refractivity contribution >= 4 is 41.2 Å². The van der Waals surface area contributed by atoms with E-state index in [0.717, 1.165) is 52.6 Å². The first kappa shape index (κ1) is 18.0. The van der Waals surface area contributed by atoms with Crippen LogP contribution in [0.15, 0.2) is 36.4 Å². The summed E-state index contributed by atoms with van der Waals surface area (Å²) in [5.41, 5.74) is 5.22. The second-order valence-electron chi connectivity index (χ2n) is 8.41. The minimum atomic E-state index is -1.80. The molecule has 2 fully saturated rings. The number of fused-ring (bicyclic) bond motifs is 2. The van der Waals surface area contributed by atoms with Gasteiger partial charge in [-0.15, -0.1) is 0 Å². The Labute approximate surface area is 168 Å². The van der Waals surface area contributed by atoms with Crippen molar-refractivity contribution in [3.05, 3.63) is 36.4 Å². The van der Waals surface area contributed by atoms with Crippen LogP contribution >= 0.6 is 0 Å². The van der Waals surface area contributed by atoms with Gasteiger partial charge in [0.05, 0.1) is 26.4 Å². The molecule has 0 atom stereocenters. The first-order valence-corrected chi connectivity index (χ1v) is 13.3. The Balaban J connectivity index is 1.51. The van der Waals surface area contributed by atoms with E-state index in [0.29, 0.717) is 0 Å². The summed E-state index contributed by atoms with van der Waals surface area (Å²) in [7, 11) is -1.80. The minimum Gasteiger partial charge on any atom is -0.378 e. The molecule has 6 heteroatoms. The molecule has 0 radical (unpaired) electrons. The highest BCUT2D eigenvalue weighted by Gasteiger charge is 2.36. The lowest BCUT2D eigenvalue weighted by Gasteiger charge is -2.37. The Bertz CT molecular complexity index is 805. The van der Waals surface area contributed by atoms with E-state index < -0.39 is 8.07 Å². The number of anilines is 4. The van der Waals surface area contributed by atoms with Crippen LogP contribution in [0, 0.1) is 0 Å². The van der Waals surface area contributed by atoms with E-state index in [2.05, 4.69) is 64.6 Å². The predicted molar refractivity (Wildman–Crippen MR) is 119 cm³/mol. The Morgan fingerprint density at radius 3 is 1.57 bits per heavy atom. The van der Waals surface area contributed by atoms with Crippen molar-refractivity contribution in [2.75, 3.05) is 67.7 Å². The zero-order chi connectivity index (χ0) is 19.1. The zero-order valence-electron chi connectivity index (χ0n) is 16.8. The van der Waals surface area contributed by atoms with Crippen molar-refractivity contribution in [1.29, 1.82) is 0 Å². The van der Waals surface area contributed by atoms with Gasteiger partial charge in [-0.3, -0.25) is 0 Å². The molecule has 0 bridgehead atoms. The molecule has 0 spiro atoms. The fraction of sp³-hybridized carbons (Fsp3) is 0.455. The number of nitrogens with one attached hydrogen (secondary N) is 1. The SMILES string of the molecule is C[Si]1(C)c2cc(N3CCOCC3)ccc2Nc2ccc(N3CCOCC3)cc21. The van der Waals surface area contributed by atoms with Gasteiger partial charge in [-0.25, -0.2) is 0 Å². The summed E-state index contributed by atoms with van der Waals surface area (Å²) < 4.78 is 11.1. The van der Waals surface area contributed by atoms with E-state index in [1.54, 1.807) is 0 Å². The standard InChI is InChI=1S/C22H29N3O2Si/c1-28(2)21-15-17(24-7-11-26-12-8-24)3-5-19(21)23-20-6-4-18(16-22(20)28)25-9-13-27-14-10-25/h3-6,15-16,23H,7-14H2,1-2H3. The van der Waals surface area contributed by atoms with Crippen molar-refractivity contribution in [2.24, 2.45) is 0 Å². The average molecular weight is 396 g/mol. The van der Waals surface area contributed by atoms with E-state index >= 15 is 0 Å². The summed E-state index contributed by atoms with van der Waals surface area (Å²) in [6.07, 6.45) is 0. The van der Waals surface area contributed by atoms with Crippen LogP contribution in [0.5, 0.6) is 0 Å². The van der Waals surface area contributed by atoms with Gasteiger partial charge in [-0.2, -0.15) is 0 Å². The first-order valence-electron chi connectivity index (χ1n) is 10.3. The van der Waals surface area contributed by atoms with Crippen molar-refractivity contribution in [1.82, 2.24) is 0 Å². The molecule has 3 aliphatic rings. The number of nitrogens with zero attached hydrogens (tertiary/aromatic N) is 2. The highest BCUT2D eigenvalue weighted by Crippen LogP contribution is 2.30. The van der Waals surface area contributed by atoms with Gasteiger partial charge >= 0.3 is 0 Å². The zero-order valence-corrected chi connectivity index (χ0v) is 17.8. The molecule has 1 N–H and O–H groups in total. The molecule has 2 aromatic carbocycles. The van der Waals surface area contributed by atoms with Gasteiger partial charge in [0, 0.05) is 48.9 Å². The molecule has 0 aromatic heterocycles. The van der Waals surface area contributed by atoms with Gasteiger partial charge in [0.15, 0.2) is 0 Å². The summed E-state index contributed by atoms with van der Waals surface area (Å²) >= 11 is 0. The van der Waals surface area contributed by atoms with E-state index in [1.807, 2.05) is 0 Å². The Kier molecular flexibility index (Phi) is 4.57. The number of rotatable bonds is 2. The van der Waals surface area contributed by atoms with Gasteiger partial charge in [-0.05, 0) is 46.8 Å². The largest absolute Gasteiger partial charge is 0.378 e. The van der Waals surface area contributed by atoms with Crippen molar-refractivity contribution < 1.29 is 9.47 Å². The van der Waals surface area contributed by atoms with Crippen LogP contribution in [0.2, 0.25) is 13.1 Å². The quantitative estimate of drug-likeness (QED) is 0.790. The molecule has 2 saturated heterocycles. The highest BCUT2D eigenvalue weighted by molar-refractivity contribution is 7.02. The molecule has 0 unspecified atom stereocenters. The number of benzene rings is 2. The van der Waals surface area contributed by atoms with Crippen LogP contribution in [0.25, 0.3) is 0 Å². The van der Waals surface area contributed by atoms with E-state index in [9.17, 15) is 0 Å². The summed E-state index contributed by atoms with van der Waals surface area (Å²) in [6.45, 7) is 12.2. The van der Waals surface area contributed by atoms with Crippen LogP contribution in [0.3, 0.4) is 0 Å². The monoisotopic (exact) mass is 395 g/mol. The molecule has 2 aromatic rings. The van der Waals surface area contributed by atoms with Gasteiger partial charge in [0.2, 0.25) is 0 Å². The molecule has 0 aliphatic carbocycles. The number of hydrogen-bond acceptors (Lipinski definition) is 5. The lowest BCUT2D eigenvalue weighted by atomic mass is 10.2. The first-order chi connectivity index (χ1) is 13.6. The van der Waals surface area contributed by atoms with Crippen LogP contribution in [0.4, 0.5) is 22.7 Å². The molecule has 148 valence electrons. The fourth-order valence-corrected chi connectivity index (χ4v) is 7.59. The van der Waals surface area contributed by atoms with Gasteiger partial charge in [0.1, 0.15) is 8.07 Å². The molecule has 5 nitrogen and oxygen atoms in total. The van der Waals surface area contributed by atoms with E-state index in [4.69, 9.17) is 9.47 Å². The van der Waals surface area contributed by atoms with E-state index in [-0.39, 0.29) is 0 Å². The second kappa shape index (κ2) is 7.10. The maximum absolute atomic E-state index is 5.53. The number of ether oxygens (including phenoxy) is 2. The maximum atomic E-state index is 5.53. The topological polar surface area (TPSA) is 37.0 Å². The smallest absolute Gasteiger partial charge is 0.117 e. The third-order valence-electron chi connectivity index (χ3n) is 6.37. The van der Waals surface area contributed by atoms with Crippen LogP contribution in [-0.2, 0) is 9.47 Å². The second-order valence-corrected chi connectivity index (χ2v) is 12.7. The Hall–Kier alpha value is -2.02. The average Bonchev–Trinajstić information content (AvgIpc) is 2.75. The van der Waals surface area contributed by atoms with Gasteiger partial charge in [-0.1, -0.05) is 13.1 Å². The molecule has 3 aliphatic heterocycles. The molecule has 0 saturated carbocycles. The maximum Gasteiger partial charge on any atom is 0.117 e. The summed E-state index contributed by atoms with van der Waals surface area (Å²) in [5.74, 6) is 0. The molecular formula is C22H29N3O2Si. The van der Waals surface area contributed by atoms with Crippen molar-refractivity contribution in [3.8, 4) is 0 Å². The number of morpholine rings is 2. The van der Waals surface area contributed by atoms with Crippen molar-refractivity contribution in [2.45, 2.75) is 13.1 Å². The molecule has 0 amide bonds. The predicted octanol–water partition coefficient (Wildman–Crippen LogP) is 2.24. The van der Waals surface area contributed by atoms with Gasteiger partial charge < -0.3 is 24.6 Å². The lowest BCUT2D eigenvalue weighted by Crippen LogP contribution is -2.57. The van der Waals surface area contributed by atoms with Crippen LogP contribution in [0.1, 0.15) is 0 Å². The fourth-order valence-electron chi connectivity index (χ4n) is 4.64. The third-order valence-corrected chi connectivity index (χ3v) is 9.90. The summed E-state index contributed by atoms with van der Waals surface area (Å²) in [5, 5.41) is 6.71. The summed E-state index contributed by atoms with van der Waals surface area (Å²) in [4.78, 5) is 4.90. The molecule has 5 rings (SSSR count). The summed E-state index contributed by atoms with van der Waals surface area (Å²) in [6, 6.07) is 13.9. The Morgan fingerprint density at radius 2 is 1.14 bits per heavy atom. The van der Waals surface area contributed by atoms with Crippen LogP contribution < -0.4 is 25.5 Å². The minimum absolute atomic E-state index is 0.821. The normalized spacial score (nSPS) is 20.9. The Morgan fingerprint density at radius 1 is 0.714 bits per heavy atom. The molecule has 28 heavy (non-hydrogen) atoms. The molecule has 3 heterocycles. The molecular weight excluding hydrogens is 366 g/mol. The lowest BCUT2D eigenvalue weighted by molar-refractivity contribution is 0.122.